The summed E-state index contributed by atoms with van der Waals surface area (Å²) in [6, 6.07) is 7.07. The fraction of sp³-hybridized carbons (Fsp3) is 0.333. The maximum atomic E-state index is 12.0. The largest absolute Gasteiger partial charge is 0.354 e. The zero-order valence-corrected chi connectivity index (χ0v) is 11.8. The number of carbonyl (C=O) groups is 1. The number of amides is 1. The van der Waals surface area contributed by atoms with Gasteiger partial charge in [-0.25, -0.2) is 0 Å². The van der Waals surface area contributed by atoms with Crippen molar-refractivity contribution in [3.8, 4) is 0 Å². The predicted octanol–water partition coefficient (Wildman–Crippen LogP) is 1.09. The van der Waals surface area contributed by atoms with Crippen LogP contribution < -0.4 is 11.1 Å². The molecule has 0 bridgehead atoms. The first kappa shape index (κ1) is 14.3. The van der Waals surface area contributed by atoms with Gasteiger partial charge in [-0.3, -0.25) is 9.48 Å². The van der Waals surface area contributed by atoms with Gasteiger partial charge in [0.2, 0.25) is 5.91 Å². The van der Waals surface area contributed by atoms with E-state index < -0.39 is 6.04 Å². The predicted molar refractivity (Wildman–Crippen MR) is 78.0 cm³/mol. The lowest BCUT2D eigenvalue weighted by Crippen LogP contribution is -2.35. The van der Waals surface area contributed by atoms with Gasteiger partial charge in [-0.15, -0.1) is 0 Å². The molecule has 1 atom stereocenters. The normalized spacial score (nSPS) is 12.2. The highest BCUT2D eigenvalue weighted by Crippen LogP contribution is 2.11. The Morgan fingerprint density at radius 1 is 1.40 bits per heavy atom. The maximum absolute atomic E-state index is 12.0. The van der Waals surface area contributed by atoms with Crippen LogP contribution in [0.25, 0.3) is 0 Å². The Labute approximate surface area is 118 Å². The number of carbonyl (C=O) groups excluding carboxylic acids is 1. The summed E-state index contributed by atoms with van der Waals surface area (Å²) in [7, 11) is 1.87. The highest BCUT2D eigenvalue weighted by atomic mass is 16.2. The van der Waals surface area contributed by atoms with Crippen molar-refractivity contribution in [3.63, 3.8) is 0 Å². The maximum Gasteiger partial charge on any atom is 0.241 e. The molecule has 5 heteroatoms. The van der Waals surface area contributed by atoms with Gasteiger partial charge >= 0.3 is 0 Å². The fourth-order valence-corrected chi connectivity index (χ4v) is 1.97. The van der Waals surface area contributed by atoms with Crippen LogP contribution >= 0.6 is 0 Å². The summed E-state index contributed by atoms with van der Waals surface area (Å²) >= 11 is 0. The zero-order valence-electron chi connectivity index (χ0n) is 11.8. The minimum absolute atomic E-state index is 0.155. The van der Waals surface area contributed by atoms with Crippen LogP contribution in [0.1, 0.15) is 22.7 Å². The van der Waals surface area contributed by atoms with Crippen LogP contribution in [0.5, 0.6) is 0 Å². The van der Waals surface area contributed by atoms with Crippen molar-refractivity contribution in [1.29, 1.82) is 0 Å². The van der Waals surface area contributed by atoms with Crippen molar-refractivity contribution in [2.24, 2.45) is 12.8 Å². The Kier molecular flexibility index (Phi) is 4.53. The Bertz CT molecular complexity index is 574. The second-order valence-corrected chi connectivity index (χ2v) is 4.95. The molecule has 1 aromatic carbocycles. The van der Waals surface area contributed by atoms with Crippen molar-refractivity contribution >= 4 is 5.91 Å². The highest BCUT2D eigenvalue weighted by Gasteiger charge is 2.14. The van der Waals surface area contributed by atoms with E-state index in [0.29, 0.717) is 6.54 Å². The molecule has 3 N–H and O–H groups in total. The SMILES string of the molecule is Cc1ccc(C(N)C(=O)NCCc2cnn(C)c2)cc1. The van der Waals surface area contributed by atoms with Gasteiger partial charge in [-0.1, -0.05) is 29.8 Å². The molecule has 0 saturated carbocycles. The molecule has 20 heavy (non-hydrogen) atoms. The third-order valence-electron chi connectivity index (χ3n) is 3.19. The second kappa shape index (κ2) is 6.34. The molecule has 0 radical (unpaired) electrons. The van der Waals surface area contributed by atoms with Crippen molar-refractivity contribution in [1.82, 2.24) is 15.1 Å². The minimum atomic E-state index is -0.621. The first-order valence-corrected chi connectivity index (χ1v) is 6.63. The Hall–Kier alpha value is -2.14. The Morgan fingerprint density at radius 2 is 2.10 bits per heavy atom. The van der Waals surface area contributed by atoms with Crippen LogP contribution in [0.2, 0.25) is 0 Å². The van der Waals surface area contributed by atoms with E-state index in [2.05, 4.69) is 10.4 Å². The fourth-order valence-electron chi connectivity index (χ4n) is 1.97. The van der Waals surface area contributed by atoms with E-state index in [4.69, 9.17) is 5.73 Å². The molecule has 2 rings (SSSR count). The van der Waals surface area contributed by atoms with Crippen LogP contribution in [0.3, 0.4) is 0 Å². The quantitative estimate of drug-likeness (QED) is 0.855. The monoisotopic (exact) mass is 272 g/mol. The van der Waals surface area contributed by atoms with Crippen molar-refractivity contribution < 1.29 is 4.79 Å². The molecular formula is C15H20N4O. The van der Waals surface area contributed by atoms with Gasteiger partial charge in [0, 0.05) is 19.8 Å². The summed E-state index contributed by atoms with van der Waals surface area (Å²) in [4.78, 5) is 12.0. The van der Waals surface area contributed by atoms with Crippen LogP contribution in [-0.2, 0) is 18.3 Å². The van der Waals surface area contributed by atoms with E-state index in [9.17, 15) is 4.79 Å². The number of aryl methyl sites for hydroxylation is 2. The summed E-state index contributed by atoms with van der Waals surface area (Å²) < 4.78 is 1.75. The third-order valence-corrected chi connectivity index (χ3v) is 3.19. The molecular weight excluding hydrogens is 252 g/mol. The molecule has 1 aromatic heterocycles. The van der Waals surface area contributed by atoms with Gasteiger partial charge in [0.05, 0.1) is 6.20 Å². The van der Waals surface area contributed by atoms with E-state index in [1.165, 1.54) is 0 Å². The topological polar surface area (TPSA) is 72.9 Å². The van der Waals surface area contributed by atoms with Gasteiger partial charge < -0.3 is 11.1 Å². The average Bonchev–Trinajstić information content (AvgIpc) is 2.84. The molecule has 5 nitrogen and oxygen atoms in total. The van der Waals surface area contributed by atoms with E-state index in [1.54, 1.807) is 10.9 Å². The van der Waals surface area contributed by atoms with Gasteiger partial charge in [0.15, 0.2) is 0 Å². The molecule has 0 saturated heterocycles. The van der Waals surface area contributed by atoms with Crippen LogP contribution in [0.15, 0.2) is 36.7 Å². The molecule has 1 heterocycles. The number of rotatable bonds is 5. The van der Waals surface area contributed by atoms with E-state index in [0.717, 1.165) is 23.1 Å². The number of nitrogens with zero attached hydrogens (tertiary/aromatic N) is 2. The van der Waals surface area contributed by atoms with E-state index >= 15 is 0 Å². The average molecular weight is 272 g/mol. The lowest BCUT2D eigenvalue weighted by atomic mass is 10.1. The standard InChI is InChI=1S/C15H20N4O/c1-11-3-5-13(6-4-11)14(16)15(20)17-8-7-12-9-18-19(2)10-12/h3-6,9-10,14H,7-8,16H2,1-2H3,(H,17,20). The van der Waals surface area contributed by atoms with E-state index in [1.807, 2.05) is 44.4 Å². The summed E-state index contributed by atoms with van der Waals surface area (Å²) in [6.07, 6.45) is 4.48. The van der Waals surface area contributed by atoms with Gasteiger partial charge in [-0.05, 0) is 24.5 Å². The lowest BCUT2D eigenvalue weighted by Gasteiger charge is -2.12. The summed E-state index contributed by atoms with van der Waals surface area (Å²) in [6.45, 7) is 2.56. The van der Waals surface area contributed by atoms with Crippen molar-refractivity contribution in [2.75, 3.05) is 6.54 Å². The van der Waals surface area contributed by atoms with Gasteiger partial charge in [-0.2, -0.15) is 5.10 Å². The van der Waals surface area contributed by atoms with Crippen LogP contribution in [0, 0.1) is 6.92 Å². The van der Waals surface area contributed by atoms with Crippen LogP contribution in [0.4, 0.5) is 0 Å². The first-order chi connectivity index (χ1) is 9.56. The first-order valence-electron chi connectivity index (χ1n) is 6.63. The molecule has 2 aromatic rings. The molecule has 0 aliphatic carbocycles. The highest BCUT2D eigenvalue weighted by molar-refractivity contribution is 5.82. The molecule has 0 spiro atoms. The summed E-state index contributed by atoms with van der Waals surface area (Å²) in [5.74, 6) is -0.155. The number of aromatic nitrogens is 2. The summed E-state index contributed by atoms with van der Waals surface area (Å²) in [5, 5.41) is 6.94. The molecule has 1 amide bonds. The van der Waals surface area contributed by atoms with Gasteiger partial charge in [0.25, 0.3) is 0 Å². The number of hydrogen-bond donors (Lipinski definition) is 2. The van der Waals surface area contributed by atoms with Gasteiger partial charge in [0.1, 0.15) is 6.04 Å². The molecule has 106 valence electrons. The van der Waals surface area contributed by atoms with Crippen molar-refractivity contribution in [2.45, 2.75) is 19.4 Å². The number of hydrogen-bond acceptors (Lipinski definition) is 3. The minimum Gasteiger partial charge on any atom is -0.354 e. The summed E-state index contributed by atoms with van der Waals surface area (Å²) in [5.41, 5.74) is 9.02. The second-order valence-electron chi connectivity index (χ2n) is 4.95. The number of nitrogens with one attached hydrogen (secondary N) is 1. The van der Waals surface area contributed by atoms with E-state index in [-0.39, 0.29) is 5.91 Å². The number of benzene rings is 1. The Balaban J connectivity index is 1.83. The zero-order chi connectivity index (χ0) is 14.5. The molecule has 0 aliphatic rings. The molecule has 0 aliphatic heterocycles. The smallest absolute Gasteiger partial charge is 0.241 e. The van der Waals surface area contributed by atoms with Crippen LogP contribution in [-0.4, -0.2) is 22.2 Å². The lowest BCUT2D eigenvalue weighted by molar-refractivity contribution is -0.122. The Morgan fingerprint density at radius 3 is 2.70 bits per heavy atom. The number of nitrogens with two attached hydrogens (primary N) is 1. The molecule has 1 unspecified atom stereocenters. The molecule has 0 fully saturated rings. The van der Waals surface area contributed by atoms with Crippen molar-refractivity contribution in [3.05, 3.63) is 53.3 Å². The third kappa shape index (κ3) is 3.68.